The molecule has 1 aliphatic rings. The summed E-state index contributed by atoms with van der Waals surface area (Å²) in [6.45, 7) is 2.59. The second-order valence-corrected chi connectivity index (χ2v) is 4.79. The lowest BCUT2D eigenvalue weighted by atomic mass is 9.80. The van der Waals surface area contributed by atoms with Crippen molar-refractivity contribution in [2.75, 3.05) is 13.6 Å². The van der Waals surface area contributed by atoms with Crippen LogP contribution in [-0.2, 0) is 11.2 Å². The van der Waals surface area contributed by atoms with Crippen LogP contribution in [0.5, 0.6) is 0 Å². The summed E-state index contributed by atoms with van der Waals surface area (Å²) in [6, 6.07) is 8.59. The third kappa shape index (κ3) is 3.24. The molecule has 0 spiro atoms. The average Bonchev–Trinajstić information content (AvgIpc) is 2.33. The number of carbonyl (C=O) groups excluding carboxylic acids is 1. The molecule has 1 aromatic rings. The van der Waals surface area contributed by atoms with Crippen LogP contribution in [0.2, 0.25) is 0 Å². The Kier molecular flexibility index (Phi) is 5.63. The Morgan fingerprint density at radius 3 is 2.83 bits per heavy atom. The zero-order chi connectivity index (χ0) is 12.3. The number of carbonyl (C=O) groups is 1. The van der Waals surface area contributed by atoms with E-state index < -0.39 is 0 Å². The van der Waals surface area contributed by atoms with Gasteiger partial charge in [0.1, 0.15) is 0 Å². The smallest absolute Gasteiger partial charge is 0.234 e. The van der Waals surface area contributed by atoms with E-state index in [-0.39, 0.29) is 24.4 Å². The third-order valence-electron chi connectivity index (χ3n) is 3.48. The fraction of sp³-hybridized carbons (Fsp3) is 0.500. The van der Waals surface area contributed by atoms with E-state index in [1.54, 1.807) is 7.05 Å². The zero-order valence-electron chi connectivity index (χ0n) is 10.9. The number of aryl methyl sites for hydroxylation is 1. The number of halogens is 1. The molecule has 2 N–H and O–H groups in total. The van der Waals surface area contributed by atoms with Crippen molar-refractivity contribution in [2.24, 2.45) is 5.92 Å². The number of rotatable bonds is 3. The monoisotopic (exact) mass is 268 g/mol. The molecule has 0 fully saturated rings. The molecule has 1 aromatic carbocycles. The lowest BCUT2D eigenvalue weighted by Gasteiger charge is -2.32. The first-order valence-corrected chi connectivity index (χ1v) is 6.24. The van der Waals surface area contributed by atoms with Crippen LogP contribution in [0.25, 0.3) is 0 Å². The lowest BCUT2D eigenvalue weighted by molar-refractivity contribution is -0.121. The highest BCUT2D eigenvalue weighted by atomic mass is 35.5. The summed E-state index contributed by atoms with van der Waals surface area (Å²) in [7, 11) is 1.79. The summed E-state index contributed by atoms with van der Waals surface area (Å²) in [5.41, 5.74) is 2.66. The van der Waals surface area contributed by atoms with Crippen molar-refractivity contribution in [3.63, 3.8) is 0 Å². The van der Waals surface area contributed by atoms with E-state index in [0.29, 0.717) is 12.5 Å². The maximum Gasteiger partial charge on any atom is 0.234 e. The molecular weight excluding hydrogens is 248 g/mol. The van der Waals surface area contributed by atoms with Gasteiger partial charge in [0.2, 0.25) is 5.91 Å². The number of benzene rings is 1. The molecule has 0 bridgehead atoms. The minimum Gasteiger partial charge on any atom is -0.348 e. The maximum absolute atomic E-state index is 11.7. The van der Waals surface area contributed by atoms with Gasteiger partial charge < -0.3 is 10.6 Å². The molecule has 0 heterocycles. The third-order valence-corrected chi connectivity index (χ3v) is 3.48. The summed E-state index contributed by atoms with van der Waals surface area (Å²) in [4.78, 5) is 11.7. The van der Waals surface area contributed by atoms with Crippen LogP contribution in [0, 0.1) is 5.92 Å². The van der Waals surface area contributed by atoms with E-state index >= 15 is 0 Å². The number of fused-ring (bicyclic) bond motifs is 1. The molecule has 0 aliphatic heterocycles. The van der Waals surface area contributed by atoms with Crippen molar-refractivity contribution in [3.05, 3.63) is 35.4 Å². The Hall–Kier alpha value is -1.06. The topological polar surface area (TPSA) is 41.1 Å². The van der Waals surface area contributed by atoms with Crippen molar-refractivity contribution >= 4 is 18.3 Å². The van der Waals surface area contributed by atoms with E-state index in [2.05, 4.69) is 35.8 Å². The lowest BCUT2D eigenvalue weighted by Crippen LogP contribution is -2.39. The summed E-state index contributed by atoms with van der Waals surface area (Å²) in [5, 5.41) is 6.01. The number of amides is 1. The molecule has 0 radical (unpaired) electrons. The highest BCUT2D eigenvalue weighted by Crippen LogP contribution is 2.33. The minimum atomic E-state index is 0. The van der Waals surface area contributed by atoms with Gasteiger partial charge in [-0.2, -0.15) is 0 Å². The number of likely N-dealkylation sites (N-methyl/N-ethyl adjacent to an activating group) is 1. The van der Waals surface area contributed by atoms with Gasteiger partial charge in [0.15, 0.2) is 0 Å². The predicted molar refractivity (Wildman–Crippen MR) is 76.0 cm³/mol. The van der Waals surface area contributed by atoms with Crippen molar-refractivity contribution < 1.29 is 4.79 Å². The standard InChI is InChI=1S/C14H20N2O.ClH/c1-10-7-8-11-5-3-4-6-12(11)14(10)16-13(17)9-15-2;/h3-6,10,14-15H,7-9H2,1-2H3,(H,16,17);1H. The molecule has 1 aliphatic carbocycles. The molecule has 2 atom stereocenters. The van der Waals surface area contributed by atoms with E-state index in [4.69, 9.17) is 0 Å². The van der Waals surface area contributed by atoms with Gasteiger partial charge in [-0.1, -0.05) is 31.2 Å². The van der Waals surface area contributed by atoms with Crippen LogP contribution in [0.3, 0.4) is 0 Å². The predicted octanol–water partition coefficient (Wildman–Crippen LogP) is 2.07. The van der Waals surface area contributed by atoms with Gasteiger partial charge in [-0.25, -0.2) is 0 Å². The first kappa shape index (κ1) is 15.0. The molecule has 2 unspecified atom stereocenters. The van der Waals surface area contributed by atoms with E-state index in [9.17, 15) is 4.79 Å². The first-order valence-electron chi connectivity index (χ1n) is 6.24. The summed E-state index contributed by atoms with van der Waals surface area (Å²) in [5.74, 6) is 0.576. The molecule has 4 heteroatoms. The second kappa shape index (κ2) is 6.76. The van der Waals surface area contributed by atoms with E-state index in [1.165, 1.54) is 11.1 Å². The van der Waals surface area contributed by atoms with Crippen LogP contribution >= 0.6 is 12.4 Å². The van der Waals surface area contributed by atoms with Crippen molar-refractivity contribution in [1.82, 2.24) is 10.6 Å². The SMILES string of the molecule is CNCC(=O)NC1c2ccccc2CCC1C.Cl. The van der Waals surface area contributed by atoms with E-state index in [1.807, 2.05) is 6.07 Å². The van der Waals surface area contributed by atoms with Crippen LogP contribution in [0.15, 0.2) is 24.3 Å². The van der Waals surface area contributed by atoms with Gasteiger partial charge in [-0.05, 0) is 36.9 Å². The average molecular weight is 269 g/mol. The quantitative estimate of drug-likeness (QED) is 0.881. The highest BCUT2D eigenvalue weighted by molar-refractivity contribution is 5.85. The maximum atomic E-state index is 11.7. The molecule has 18 heavy (non-hydrogen) atoms. The molecule has 3 nitrogen and oxygen atoms in total. The molecule has 0 aromatic heterocycles. The Balaban J connectivity index is 0.00000162. The summed E-state index contributed by atoms with van der Waals surface area (Å²) >= 11 is 0. The molecule has 2 rings (SSSR count). The van der Waals surface area contributed by atoms with Crippen LogP contribution in [0.4, 0.5) is 0 Å². The first-order chi connectivity index (χ1) is 8.22. The Morgan fingerprint density at radius 1 is 1.39 bits per heavy atom. The van der Waals surface area contributed by atoms with Crippen LogP contribution < -0.4 is 10.6 Å². The zero-order valence-corrected chi connectivity index (χ0v) is 11.7. The van der Waals surface area contributed by atoms with Gasteiger partial charge in [0.25, 0.3) is 0 Å². The fourth-order valence-corrected chi connectivity index (χ4v) is 2.53. The van der Waals surface area contributed by atoms with Gasteiger partial charge in [-0.15, -0.1) is 12.4 Å². The van der Waals surface area contributed by atoms with Crippen LogP contribution in [-0.4, -0.2) is 19.5 Å². The fourth-order valence-electron chi connectivity index (χ4n) is 2.53. The Bertz CT molecular complexity index is 409. The van der Waals surface area contributed by atoms with E-state index in [0.717, 1.165) is 12.8 Å². The van der Waals surface area contributed by atoms with Gasteiger partial charge in [0.05, 0.1) is 12.6 Å². The molecular formula is C14H21ClN2O. The molecule has 0 saturated heterocycles. The van der Waals surface area contributed by atoms with Gasteiger partial charge in [-0.3, -0.25) is 4.79 Å². The minimum absolute atomic E-state index is 0. The summed E-state index contributed by atoms with van der Waals surface area (Å²) < 4.78 is 0. The van der Waals surface area contributed by atoms with Crippen molar-refractivity contribution in [1.29, 1.82) is 0 Å². The summed E-state index contributed by atoms with van der Waals surface area (Å²) in [6.07, 6.45) is 2.26. The van der Waals surface area contributed by atoms with Gasteiger partial charge >= 0.3 is 0 Å². The number of nitrogens with one attached hydrogen (secondary N) is 2. The number of hydrogen-bond donors (Lipinski definition) is 2. The Labute approximate surface area is 115 Å². The molecule has 0 saturated carbocycles. The van der Waals surface area contributed by atoms with Crippen molar-refractivity contribution in [3.8, 4) is 0 Å². The van der Waals surface area contributed by atoms with Crippen molar-refractivity contribution in [2.45, 2.75) is 25.8 Å². The normalized spacial score (nSPS) is 21.7. The molecule has 100 valence electrons. The Morgan fingerprint density at radius 2 is 2.11 bits per heavy atom. The molecule has 1 amide bonds. The van der Waals surface area contributed by atoms with Gasteiger partial charge in [0, 0.05) is 0 Å². The van der Waals surface area contributed by atoms with Crippen LogP contribution in [0.1, 0.15) is 30.5 Å². The highest BCUT2D eigenvalue weighted by Gasteiger charge is 2.27. The second-order valence-electron chi connectivity index (χ2n) is 4.79. The largest absolute Gasteiger partial charge is 0.348 e. The number of hydrogen-bond acceptors (Lipinski definition) is 2.